The maximum Gasteiger partial charge on any atom is 0.307 e. The van der Waals surface area contributed by atoms with Gasteiger partial charge >= 0.3 is 5.97 Å². The van der Waals surface area contributed by atoms with Crippen LogP contribution in [-0.2, 0) is 24.3 Å². The minimum Gasteiger partial charge on any atom is -0.481 e. The lowest BCUT2D eigenvalue weighted by molar-refractivity contribution is -0.141. The van der Waals surface area contributed by atoms with Crippen molar-refractivity contribution in [1.82, 2.24) is 14.7 Å². The van der Waals surface area contributed by atoms with Crippen LogP contribution in [0.4, 0.5) is 0 Å². The number of aromatic nitrogens is 2. The second-order valence-corrected chi connectivity index (χ2v) is 5.31. The van der Waals surface area contributed by atoms with Crippen LogP contribution in [0.3, 0.4) is 0 Å². The van der Waals surface area contributed by atoms with Crippen LogP contribution < -0.4 is 0 Å². The average molecular weight is 286 g/mol. The molecule has 5 nitrogen and oxygen atoms in total. The summed E-state index contributed by atoms with van der Waals surface area (Å²) in [5.74, 6) is -0.950. The van der Waals surface area contributed by atoms with E-state index < -0.39 is 5.97 Å². The summed E-state index contributed by atoms with van der Waals surface area (Å²) in [5.41, 5.74) is 1.93. The van der Waals surface area contributed by atoms with Gasteiger partial charge in [-0.25, -0.2) is 0 Å². The van der Waals surface area contributed by atoms with Crippen molar-refractivity contribution in [3.63, 3.8) is 0 Å². The number of aryl methyl sites for hydroxylation is 2. The summed E-state index contributed by atoms with van der Waals surface area (Å²) in [7, 11) is 0. The van der Waals surface area contributed by atoms with E-state index in [-0.39, 0.29) is 5.92 Å². The van der Waals surface area contributed by atoms with Gasteiger partial charge in [0.05, 0.1) is 22.3 Å². The molecule has 19 heavy (non-hydrogen) atoms. The molecule has 6 heteroatoms. The van der Waals surface area contributed by atoms with Crippen LogP contribution in [0.15, 0.2) is 0 Å². The van der Waals surface area contributed by atoms with Gasteiger partial charge in [-0.05, 0) is 26.3 Å². The molecule has 0 radical (unpaired) electrons. The molecule has 1 atom stereocenters. The van der Waals surface area contributed by atoms with Crippen LogP contribution >= 0.6 is 11.6 Å². The number of hydrogen-bond donors (Lipinski definition) is 1. The van der Waals surface area contributed by atoms with Gasteiger partial charge < -0.3 is 5.11 Å². The molecule has 106 valence electrons. The zero-order chi connectivity index (χ0) is 14.0. The van der Waals surface area contributed by atoms with Gasteiger partial charge in [-0.1, -0.05) is 18.5 Å². The summed E-state index contributed by atoms with van der Waals surface area (Å²) < 4.78 is 1.93. The molecule has 0 aliphatic carbocycles. The van der Waals surface area contributed by atoms with Crippen molar-refractivity contribution in [2.45, 2.75) is 39.8 Å². The number of likely N-dealkylation sites (tertiary alicyclic amines) is 1. The Kier molecular flexibility index (Phi) is 4.47. The van der Waals surface area contributed by atoms with Crippen LogP contribution in [0, 0.1) is 5.92 Å². The lowest BCUT2D eigenvalue weighted by Gasteiger charge is -2.16. The third-order valence-corrected chi connectivity index (χ3v) is 4.13. The van der Waals surface area contributed by atoms with Crippen LogP contribution in [-0.4, -0.2) is 38.8 Å². The van der Waals surface area contributed by atoms with E-state index >= 15 is 0 Å². The number of halogens is 1. The van der Waals surface area contributed by atoms with E-state index in [0.29, 0.717) is 19.5 Å². The Morgan fingerprint density at radius 1 is 1.53 bits per heavy atom. The van der Waals surface area contributed by atoms with Crippen LogP contribution in [0.1, 0.15) is 31.7 Å². The Morgan fingerprint density at radius 2 is 2.26 bits per heavy atom. The molecular formula is C13H20ClN3O2. The van der Waals surface area contributed by atoms with Crippen molar-refractivity contribution in [2.24, 2.45) is 5.92 Å². The Labute approximate surface area is 118 Å². The highest BCUT2D eigenvalue weighted by atomic mass is 35.5. The standard InChI is InChI=1S/C13H20ClN3O2/c1-3-10-12(14)11(17(4-2)15-10)8-16-6-5-9(7-16)13(18)19/h9H,3-8H2,1-2H3,(H,18,19). The van der Waals surface area contributed by atoms with Gasteiger partial charge in [-0.15, -0.1) is 0 Å². The van der Waals surface area contributed by atoms with Crippen LogP contribution in [0.2, 0.25) is 5.02 Å². The zero-order valence-electron chi connectivity index (χ0n) is 11.4. The monoisotopic (exact) mass is 285 g/mol. The van der Waals surface area contributed by atoms with E-state index in [1.54, 1.807) is 0 Å². The topological polar surface area (TPSA) is 58.4 Å². The summed E-state index contributed by atoms with van der Waals surface area (Å²) in [4.78, 5) is 13.1. The third kappa shape index (κ3) is 2.92. The number of rotatable bonds is 5. The van der Waals surface area contributed by atoms with Crippen molar-refractivity contribution in [1.29, 1.82) is 0 Å². The van der Waals surface area contributed by atoms with Gasteiger partial charge in [-0.2, -0.15) is 5.10 Å². The first-order valence-electron chi connectivity index (χ1n) is 6.76. The molecule has 1 fully saturated rings. The summed E-state index contributed by atoms with van der Waals surface area (Å²) in [6.45, 7) is 6.95. The summed E-state index contributed by atoms with van der Waals surface area (Å²) >= 11 is 6.36. The van der Waals surface area contributed by atoms with Gasteiger partial charge in [0, 0.05) is 19.6 Å². The highest BCUT2D eigenvalue weighted by Gasteiger charge is 2.29. The molecule has 0 aromatic carbocycles. The molecular weight excluding hydrogens is 266 g/mol. The zero-order valence-corrected chi connectivity index (χ0v) is 12.2. The van der Waals surface area contributed by atoms with Crippen molar-refractivity contribution >= 4 is 17.6 Å². The summed E-state index contributed by atoms with van der Waals surface area (Å²) in [6, 6.07) is 0. The Balaban J connectivity index is 2.11. The van der Waals surface area contributed by atoms with Crippen molar-refractivity contribution in [3.8, 4) is 0 Å². The summed E-state index contributed by atoms with van der Waals surface area (Å²) in [5, 5.41) is 14.2. The quantitative estimate of drug-likeness (QED) is 0.899. The average Bonchev–Trinajstić information content (AvgIpc) is 2.96. The van der Waals surface area contributed by atoms with E-state index in [1.165, 1.54) is 0 Å². The van der Waals surface area contributed by atoms with Crippen LogP contribution in [0.25, 0.3) is 0 Å². The predicted octanol–water partition coefficient (Wildman–Crippen LogP) is 2.03. The third-order valence-electron chi connectivity index (χ3n) is 3.69. The largest absolute Gasteiger partial charge is 0.481 e. The van der Waals surface area contributed by atoms with Crippen molar-refractivity contribution in [3.05, 3.63) is 16.4 Å². The number of carbonyl (C=O) groups is 1. The fourth-order valence-electron chi connectivity index (χ4n) is 2.56. The Bertz CT molecular complexity index is 473. The number of aliphatic carboxylic acids is 1. The molecule has 0 saturated carbocycles. The molecule has 1 aromatic heterocycles. The minimum atomic E-state index is -0.702. The van der Waals surface area contributed by atoms with Gasteiger partial charge in [0.25, 0.3) is 0 Å². The first-order valence-corrected chi connectivity index (χ1v) is 7.13. The minimum absolute atomic E-state index is 0.248. The highest BCUT2D eigenvalue weighted by Crippen LogP contribution is 2.25. The lowest BCUT2D eigenvalue weighted by atomic mass is 10.1. The summed E-state index contributed by atoms with van der Waals surface area (Å²) in [6.07, 6.45) is 1.53. The predicted molar refractivity (Wildman–Crippen MR) is 73.3 cm³/mol. The molecule has 2 heterocycles. The first-order chi connectivity index (χ1) is 9.06. The van der Waals surface area contributed by atoms with E-state index in [0.717, 1.165) is 35.9 Å². The molecule has 1 unspecified atom stereocenters. The molecule has 0 bridgehead atoms. The molecule has 1 aliphatic heterocycles. The molecule has 0 spiro atoms. The molecule has 1 aliphatic rings. The fourth-order valence-corrected chi connectivity index (χ4v) is 2.89. The van der Waals surface area contributed by atoms with Gasteiger partial charge in [0.15, 0.2) is 0 Å². The molecule has 1 aromatic rings. The number of nitrogens with zero attached hydrogens (tertiary/aromatic N) is 3. The number of hydrogen-bond acceptors (Lipinski definition) is 3. The smallest absolute Gasteiger partial charge is 0.307 e. The second kappa shape index (κ2) is 5.92. The van der Waals surface area contributed by atoms with E-state index in [9.17, 15) is 4.79 Å². The molecule has 1 saturated heterocycles. The van der Waals surface area contributed by atoms with Crippen LogP contribution in [0.5, 0.6) is 0 Å². The van der Waals surface area contributed by atoms with Gasteiger partial charge in [-0.3, -0.25) is 14.4 Å². The maximum atomic E-state index is 11.0. The van der Waals surface area contributed by atoms with E-state index in [1.807, 2.05) is 18.5 Å². The maximum absolute atomic E-state index is 11.0. The number of carboxylic acids is 1. The van der Waals surface area contributed by atoms with Gasteiger partial charge in [0.2, 0.25) is 0 Å². The highest BCUT2D eigenvalue weighted by molar-refractivity contribution is 6.31. The fraction of sp³-hybridized carbons (Fsp3) is 0.692. The van der Waals surface area contributed by atoms with E-state index in [2.05, 4.69) is 10.00 Å². The SMILES string of the molecule is CCc1nn(CC)c(CN2CCC(C(=O)O)C2)c1Cl. The van der Waals surface area contributed by atoms with Crippen molar-refractivity contribution < 1.29 is 9.90 Å². The Morgan fingerprint density at radius 3 is 2.79 bits per heavy atom. The number of carboxylic acid groups (broad SMARTS) is 1. The molecule has 2 rings (SSSR count). The van der Waals surface area contributed by atoms with Gasteiger partial charge in [0.1, 0.15) is 0 Å². The second-order valence-electron chi connectivity index (χ2n) is 4.94. The first kappa shape index (κ1) is 14.3. The van der Waals surface area contributed by atoms with E-state index in [4.69, 9.17) is 16.7 Å². The molecule has 1 N–H and O–H groups in total. The Hall–Kier alpha value is -1.07. The normalized spacial score (nSPS) is 20.1. The van der Waals surface area contributed by atoms with Crippen molar-refractivity contribution in [2.75, 3.05) is 13.1 Å². The lowest BCUT2D eigenvalue weighted by Crippen LogP contribution is -2.24. The molecule has 0 amide bonds.